The quantitative estimate of drug-likeness (QED) is 0.703. The van der Waals surface area contributed by atoms with Crippen molar-refractivity contribution in [2.75, 3.05) is 31.3 Å². The lowest BCUT2D eigenvalue weighted by Gasteiger charge is -2.15. The second-order valence-corrected chi connectivity index (χ2v) is 4.87. The smallest absolute Gasteiger partial charge is 0.302 e. The SMILES string of the molecule is FC(F)(F)SCCN1CCC(CCl)C1. The van der Waals surface area contributed by atoms with E-state index in [4.69, 9.17) is 11.6 Å². The fraction of sp³-hybridized carbons (Fsp3) is 1.00. The number of halogens is 4. The molecule has 1 fully saturated rings. The van der Waals surface area contributed by atoms with Gasteiger partial charge in [-0.05, 0) is 30.6 Å². The van der Waals surface area contributed by atoms with E-state index in [9.17, 15) is 13.2 Å². The van der Waals surface area contributed by atoms with Gasteiger partial charge in [0.1, 0.15) is 0 Å². The van der Waals surface area contributed by atoms with E-state index >= 15 is 0 Å². The van der Waals surface area contributed by atoms with Gasteiger partial charge in [-0.3, -0.25) is 0 Å². The lowest BCUT2D eigenvalue weighted by atomic mass is 10.2. The maximum absolute atomic E-state index is 11.8. The molecule has 14 heavy (non-hydrogen) atoms. The molecule has 0 aromatic carbocycles. The van der Waals surface area contributed by atoms with Crippen LogP contribution in [0.4, 0.5) is 13.2 Å². The number of hydrogen-bond acceptors (Lipinski definition) is 2. The van der Waals surface area contributed by atoms with Crippen LogP contribution in [-0.2, 0) is 0 Å². The van der Waals surface area contributed by atoms with Crippen molar-refractivity contribution in [3.05, 3.63) is 0 Å². The highest BCUT2D eigenvalue weighted by Crippen LogP contribution is 2.30. The van der Waals surface area contributed by atoms with Crippen molar-refractivity contribution in [2.24, 2.45) is 5.92 Å². The van der Waals surface area contributed by atoms with Crippen molar-refractivity contribution in [3.8, 4) is 0 Å². The summed E-state index contributed by atoms with van der Waals surface area (Å²) in [5, 5.41) is 0. The van der Waals surface area contributed by atoms with Gasteiger partial charge in [0.2, 0.25) is 0 Å². The molecule has 1 saturated heterocycles. The average Bonchev–Trinajstić information content (AvgIpc) is 2.50. The van der Waals surface area contributed by atoms with Gasteiger partial charge in [-0.25, -0.2) is 0 Å². The van der Waals surface area contributed by atoms with Crippen LogP contribution in [0.5, 0.6) is 0 Å². The monoisotopic (exact) mass is 247 g/mol. The molecule has 0 N–H and O–H groups in total. The number of thioether (sulfide) groups is 1. The largest absolute Gasteiger partial charge is 0.441 e. The lowest BCUT2D eigenvalue weighted by Crippen LogP contribution is -2.24. The van der Waals surface area contributed by atoms with Crippen LogP contribution in [0.25, 0.3) is 0 Å². The Bertz CT molecular complexity index is 176. The molecule has 1 nitrogen and oxygen atoms in total. The first kappa shape index (κ1) is 12.5. The second-order valence-electron chi connectivity index (χ2n) is 3.40. The summed E-state index contributed by atoms with van der Waals surface area (Å²) in [6, 6.07) is 0. The third-order valence-corrected chi connectivity index (χ3v) is 3.41. The zero-order valence-electron chi connectivity index (χ0n) is 7.69. The van der Waals surface area contributed by atoms with Crippen LogP contribution in [0, 0.1) is 5.92 Å². The molecule has 0 aromatic heterocycles. The molecule has 0 spiro atoms. The molecule has 1 heterocycles. The highest BCUT2D eigenvalue weighted by atomic mass is 35.5. The molecule has 1 rings (SSSR count). The molecule has 0 bridgehead atoms. The van der Waals surface area contributed by atoms with Crippen LogP contribution in [0.1, 0.15) is 6.42 Å². The summed E-state index contributed by atoms with van der Waals surface area (Å²) in [5.74, 6) is 1.20. The fourth-order valence-corrected chi connectivity index (χ4v) is 2.37. The summed E-state index contributed by atoms with van der Waals surface area (Å²) in [6.45, 7) is 2.25. The molecule has 84 valence electrons. The van der Waals surface area contributed by atoms with E-state index in [1.54, 1.807) is 0 Å². The summed E-state index contributed by atoms with van der Waals surface area (Å²) >= 11 is 5.72. The van der Waals surface area contributed by atoms with Gasteiger partial charge >= 0.3 is 5.51 Å². The van der Waals surface area contributed by atoms with E-state index in [1.165, 1.54) is 0 Å². The van der Waals surface area contributed by atoms with Crippen LogP contribution in [0.2, 0.25) is 0 Å². The highest BCUT2D eigenvalue weighted by Gasteiger charge is 2.28. The van der Waals surface area contributed by atoms with E-state index in [1.807, 2.05) is 4.90 Å². The molecular weight excluding hydrogens is 235 g/mol. The van der Waals surface area contributed by atoms with E-state index in [0.29, 0.717) is 18.3 Å². The van der Waals surface area contributed by atoms with Gasteiger partial charge in [-0.15, -0.1) is 11.6 Å². The van der Waals surface area contributed by atoms with Gasteiger partial charge in [-0.1, -0.05) is 0 Å². The van der Waals surface area contributed by atoms with Gasteiger partial charge in [0.25, 0.3) is 0 Å². The van der Waals surface area contributed by atoms with E-state index in [2.05, 4.69) is 0 Å². The summed E-state index contributed by atoms with van der Waals surface area (Å²) in [7, 11) is 0. The van der Waals surface area contributed by atoms with Gasteiger partial charge in [0.15, 0.2) is 0 Å². The van der Waals surface area contributed by atoms with Crippen LogP contribution in [0.3, 0.4) is 0 Å². The first-order valence-electron chi connectivity index (χ1n) is 4.50. The Morgan fingerprint density at radius 2 is 2.14 bits per heavy atom. The third-order valence-electron chi connectivity index (χ3n) is 2.26. The first-order valence-corrected chi connectivity index (χ1v) is 6.02. The Hall–Kier alpha value is 0.390. The number of hydrogen-bond donors (Lipinski definition) is 0. The number of nitrogens with zero attached hydrogens (tertiary/aromatic N) is 1. The molecule has 1 unspecified atom stereocenters. The van der Waals surface area contributed by atoms with Crippen molar-refractivity contribution in [1.82, 2.24) is 4.90 Å². The Labute approximate surface area is 91.0 Å². The molecule has 0 aliphatic carbocycles. The number of likely N-dealkylation sites (tertiary alicyclic amines) is 1. The molecule has 0 radical (unpaired) electrons. The summed E-state index contributed by atoms with van der Waals surface area (Å²) in [6.07, 6.45) is 1.01. The molecule has 1 aliphatic rings. The van der Waals surface area contributed by atoms with Crippen molar-refractivity contribution >= 4 is 23.4 Å². The van der Waals surface area contributed by atoms with Crippen molar-refractivity contribution < 1.29 is 13.2 Å². The predicted molar refractivity (Wildman–Crippen MR) is 53.8 cm³/mol. The molecule has 1 aliphatic heterocycles. The Kier molecular flexibility index (Phi) is 4.87. The maximum Gasteiger partial charge on any atom is 0.441 e. The molecule has 0 saturated carbocycles. The normalized spacial score (nSPS) is 24.4. The minimum Gasteiger partial charge on any atom is -0.302 e. The van der Waals surface area contributed by atoms with Crippen LogP contribution < -0.4 is 0 Å². The van der Waals surface area contributed by atoms with E-state index in [-0.39, 0.29) is 17.5 Å². The Morgan fingerprint density at radius 3 is 2.64 bits per heavy atom. The zero-order valence-corrected chi connectivity index (χ0v) is 9.26. The molecule has 6 heteroatoms. The van der Waals surface area contributed by atoms with Gasteiger partial charge in [0.05, 0.1) is 0 Å². The molecular formula is C8H13ClF3NS. The standard InChI is InChI=1S/C8H13ClF3NS/c9-5-7-1-2-13(6-7)3-4-14-8(10,11)12/h7H,1-6H2. The fourth-order valence-electron chi connectivity index (χ4n) is 1.53. The van der Waals surface area contributed by atoms with Gasteiger partial charge < -0.3 is 4.90 Å². The Morgan fingerprint density at radius 1 is 1.43 bits per heavy atom. The third kappa shape index (κ3) is 4.75. The van der Waals surface area contributed by atoms with E-state index in [0.717, 1.165) is 19.5 Å². The van der Waals surface area contributed by atoms with Crippen molar-refractivity contribution in [2.45, 2.75) is 11.9 Å². The summed E-state index contributed by atoms with van der Waals surface area (Å²) < 4.78 is 35.4. The van der Waals surface area contributed by atoms with Gasteiger partial charge in [0, 0.05) is 24.7 Å². The average molecular weight is 248 g/mol. The molecule has 0 amide bonds. The van der Waals surface area contributed by atoms with Crippen LogP contribution in [-0.4, -0.2) is 41.7 Å². The maximum atomic E-state index is 11.8. The predicted octanol–water partition coefficient (Wildman–Crippen LogP) is 2.80. The number of rotatable bonds is 4. The topological polar surface area (TPSA) is 3.24 Å². The molecule has 0 aromatic rings. The number of alkyl halides is 4. The lowest BCUT2D eigenvalue weighted by molar-refractivity contribution is -0.0328. The highest BCUT2D eigenvalue weighted by molar-refractivity contribution is 8.00. The van der Waals surface area contributed by atoms with Crippen LogP contribution >= 0.6 is 23.4 Å². The zero-order chi connectivity index (χ0) is 10.6. The summed E-state index contributed by atoms with van der Waals surface area (Å²) in [4.78, 5) is 2.05. The van der Waals surface area contributed by atoms with Crippen molar-refractivity contribution in [3.63, 3.8) is 0 Å². The van der Waals surface area contributed by atoms with Crippen molar-refractivity contribution in [1.29, 1.82) is 0 Å². The minimum absolute atomic E-state index is 0.0546. The van der Waals surface area contributed by atoms with Gasteiger partial charge in [-0.2, -0.15) is 13.2 Å². The first-order chi connectivity index (χ1) is 6.51. The minimum atomic E-state index is -4.09. The Balaban J connectivity index is 2.09. The molecule has 1 atom stereocenters. The van der Waals surface area contributed by atoms with E-state index < -0.39 is 5.51 Å². The van der Waals surface area contributed by atoms with Crippen LogP contribution in [0.15, 0.2) is 0 Å². The second kappa shape index (κ2) is 5.47. The summed E-state index contributed by atoms with van der Waals surface area (Å²) in [5.41, 5.74) is -4.09.